The van der Waals surface area contributed by atoms with Gasteiger partial charge in [0.15, 0.2) is 23.1 Å². The van der Waals surface area contributed by atoms with Crippen molar-refractivity contribution in [1.82, 2.24) is 9.13 Å². The predicted octanol–water partition coefficient (Wildman–Crippen LogP) is 25.6. The van der Waals surface area contributed by atoms with Gasteiger partial charge in [-0.2, -0.15) is 0 Å². The third-order valence-electron chi connectivity index (χ3n) is 17.2. The van der Waals surface area contributed by atoms with Gasteiger partial charge in [-0.25, -0.2) is 0 Å². The first-order chi connectivity index (χ1) is 42.6. The molecule has 0 saturated heterocycles. The maximum atomic E-state index is 13.8. The number of rotatable bonds is 33. The minimum atomic E-state index is 0.0767. The van der Waals surface area contributed by atoms with Gasteiger partial charge in [0.05, 0.1) is 28.0 Å². The van der Waals surface area contributed by atoms with Gasteiger partial charge < -0.3 is 9.13 Å². The molecule has 0 N–H and O–H groups in total. The fourth-order valence-electron chi connectivity index (χ4n) is 12.4. The summed E-state index contributed by atoms with van der Waals surface area (Å²) in [5.41, 5.74) is 7.88. The fourth-order valence-corrected chi connectivity index (χ4v) is 14.8. The number of hydrogen-bond donors (Lipinski definition) is 0. The van der Waals surface area contributed by atoms with Crippen LogP contribution in [0.3, 0.4) is 0 Å². The summed E-state index contributed by atoms with van der Waals surface area (Å²) < 4.78 is 4.10. The van der Waals surface area contributed by atoms with Crippen molar-refractivity contribution in [3.05, 3.63) is 189 Å². The largest absolute Gasteiger partial charge is 0.309 e. The Labute approximate surface area is 554 Å². The Morgan fingerprint density at radius 3 is 0.761 bits per heavy atom. The van der Waals surface area contributed by atoms with E-state index in [-0.39, 0.29) is 53.3 Å². The number of benzene rings is 7. The van der Waals surface area contributed by atoms with E-state index in [1.165, 1.54) is 0 Å². The summed E-state index contributed by atoms with van der Waals surface area (Å²) in [5, 5.41) is 4.84. The molecule has 0 aliphatic carbocycles. The number of aromatic nitrogens is 2. The maximum absolute atomic E-state index is 13.8. The molecule has 0 amide bonds. The van der Waals surface area contributed by atoms with Crippen LogP contribution in [0.1, 0.15) is 240 Å². The highest BCUT2D eigenvalue weighted by Gasteiger charge is 2.33. The second-order valence-electron chi connectivity index (χ2n) is 23.6. The highest BCUT2D eigenvalue weighted by molar-refractivity contribution is 6.42. The summed E-state index contributed by atoms with van der Waals surface area (Å²) in [5.74, 6) is 0.659. The summed E-state index contributed by atoms with van der Waals surface area (Å²) in [7, 11) is 0. The van der Waals surface area contributed by atoms with Crippen LogP contribution in [0.4, 0.5) is 0 Å². The standard InChI is InChI=1S/C75H78Cl7N2O4/c1-5-9-13-17-21-25-68(85)47-29-33-64-54(37-47)55-38-48(69(86)26-22-18-14-10-6-2)30-34-65(55)83(64)52-43-60(79)73(61(80)44-52)75(72-58(77)41-51(76)42-59(72)78)74-62(81)45-53(46-63(74)82)84-66-35-31-49(70(87)27-23-19-15-11-7-3)39-56(66)57-40-50(32-36-67(57)84)71(88)28-24-20-16-12-8-4/h29-46H,5-28H2,1-4H3. The molecule has 0 fully saturated rings. The zero-order valence-corrected chi connectivity index (χ0v) is 56.3. The molecule has 0 aliphatic heterocycles. The molecule has 0 bridgehead atoms. The number of hydrogen-bond acceptors (Lipinski definition) is 4. The molecule has 2 heterocycles. The van der Waals surface area contributed by atoms with Crippen LogP contribution in [0.25, 0.3) is 55.0 Å². The van der Waals surface area contributed by atoms with E-state index in [4.69, 9.17) is 81.2 Å². The van der Waals surface area contributed by atoms with Crippen molar-refractivity contribution in [2.75, 3.05) is 0 Å². The van der Waals surface area contributed by atoms with Crippen molar-refractivity contribution in [3.8, 4) is 11.4 Å². The van der Waals surface area contributed by atoms with Gasteiger partial charge in [0.1, 0.15) is 0 Å². The van der Waals surface area contributed by atoms with Crippen molar-refractivity contribution in [3.63, 3.8) is 0 Å². The van der Waals surface area contributed by atoms with Crippen LogP contribution in [0.5, 0.6) is 0 Å². The first-order valence-electron chi connectivity index (χ1n) is 31.9. The summed E-state index contributed by atoms with van der Waals surface area (Å²) in [6.07, 6.45) is 22.6. The molecular formula is C75H78Cl7N2O4. The second kappa shape index (κ2) is 31.7. The molecule has 6 nitrogen and oxygen atoms in total. The highest BCUT2D eigenvalue weighted by Crippen LogP contribution is 2.51. The van der Waals surface area contributed by atoms with Crippen LogP contribution in [0.15, 0.2) is 109 Å². The molecule has 0 unspecified atom stereocenters. The minimum absolute atomic E-state index is 0.0767. The molecule has 88 heavy (non-hydrogen) atoms. The highest BCUT2D eigenvalue weighted by atomic mass is 35.5. The smallest absolute Gasteiger partial charge is 0.162 e. The van der Waals surface area contributed by atoms with Gasteiger partial charge in [0.2, 0.25) is 0 Å². The van der Waals surface area contributed by atoms with E-state index < -0.39 is 0 Å². The molecule has 7 aromatic carbocycles. The zero-order valence-electron chi connectivity index (χ0n) is 51.0. The molecule has 9 rings (SSSR count). The number of carbonyl (C=O) groups is 4. The lowest BCUT2D eigenvalue weighted by Gasteiger charge is -2.26. The van der Waals surface area contributed by atoms with Crippen molar-refractivity contribution in [2.24, 2.45) is 0 Å². The summed E-state index contributed by atoms with van der Waals surface area (Å²) in [6.45, 7) is 8.72. The Morgan fingerprint density at radius 2 is 0.523 bits per heavy atom. The SMILES string of the molecule is CCCCCCCC(=O)c1ccc2c(c1)c1cc(C(=O)CCCCCCC)ccc1n2-c1cc(Cl)c([C](c2c(Cl)cc(Cl)cc2Cl)c2c(Cl)cc(-n3c4ccc(C(=O)CCCCCCC)cc4c4cc(C(=O)CCCCCCC)ccc43)cc2Cl)c(Cl)c1. The van der Waals surface area contributed by atoms with E-state index in [0.29, 0.717) is 86.9 Å². The minimum Gasteiger partial charge on any atom is -0.309 e. The molecule has 461 valence electrons. The molecule has 0 saturated carbocycles. The molecule has 13 heteroatoms. The number of carbonyl (C=O) groups excluding carboxylic acids is 4. The maximum Gasteiger partial charge on any atom is 0.162 e. The second-order valence-corrected chi connectivity index (χ2v) is 26.5. The number of halogens is 7. The summed E-state index contributed by atoms with van der Waals surface area (Å²) in [6, 6.07) is 33.6. The van der Waals surface area contributed by atoms with Gasteiger partial charge in [-0.05, 0) is 135 Å². The van der Waals surface area contributed by atoms with Crippen LogP contribution < -0.4 is 0 Å². The fraction of sp³-hybridized carbons (Fsp3) is 0.373. The van der Waals surface area contributed by atoms with Gasteiger partial charge in [0.25, 0.3) is 0 Å². The lowest BCUT2D eigenvalue weighted by atomic mass is 9.84. The molecule has 0 atom stereocenters. The van der Waals surface area contributed by atoms with Gasteiger partial charge in [-0.1, -0.05) is 212 Å². The Hall–Kier alpha value is -5.15. The molecular weight excluding hydrogens is 1240 g/mol. The monoisotopic (exact) mass is 1320 g/mol. The topological polar surface area (TPSA) is 78.1 Å². The molecule has 0 aliphatic rings. The first kappa shape index (κ1) is 67.2. The number of ketones is 4. The van der Waals surface area contributed by atoms with E-state index in [1.807, 2.05) is 106 Å². The Bertz CT molecular complexity index is 3560. The lowest BCUT2D eigenvalue weighted by Crippen LogP contribution is -2.11. The van der Waals surface area contributed by atoms with Crippen molar-refractivity contribution in [1.29, 1.82) is 0 Å². The van der Waals surface area contributed by atoms with Gasteiger partial charge in [-0.3, -0.25) is 19.2 Å². The Kier molecular flexibility index (Phi) is 24.2. The van der Waals surface area contributed by atoms with E-state index in [2.05, 4.69) is 27.7 Å². The summed E-state index contributed by atoms with van der Waals surface area (Å²) >= 11 is 51.5. The third kappa shape index (κ3) is 15.4. The average molecular weight is 1320 g/mol. The van der Waals surface area contributed by atoms with Crippen molar-refractivity contribution < 1.29 is 19.2 Å². The lowest BCUT2D eigenvalue weighted by molar-refractivity contribution is 0.0971. The van der Waals surface area contributed by atoms with Gasteiger partial charge in [0, 0.05) is 133 Å². The molecule has 1 radical (unpaired) electrons. The summed E-state index contributed by atoms with van der Waals surface area (Å²) in [4.78, 5) is 55.3. The quantitative estimate of drug-likeness (QED) is 0.0233. The average Bonchev–Trinajstić information content (AvgIpc) is 1.52. The van der Waals surface area contributed by atoms with Gasteiger partial charge >= 0.3 is 0 Å². The Balaban J connectivity index is 1.16. The Morgan fingerprint density at radius 1 is 0.295 bits per heavy atom. The van der Waals surface area contributed by atoms with Crippen LogP contribution >= 0.6 is 81.2 Å². The van der Waals surface area contributed by atoms with Crippen LogP contribution in [-0.4, -0.2) is 32.3 Å². The molecule has 0 spiro atoms. The van der Waals surface area contributed by atoms with Crippen LogP contribution in [0.2, 0.25) is 35.2 Å². The molecule has 2 aromatic heterocycles. The van der Waals surface area contributed by atoms with E-state index in [1.54, 1.807) is 12.1 Å². The van der Waals surface area contributed by atoms with E-state index >= 15 is 0 Å². The third-order valence-corrected chi connectivity index (χ3v) is 19.2. The number of fused-ring (bicyclic) bond motifs is 6. The molecule has 9 aromatic rings. The van der Waals surface area contributed by atoms with Crippen molar-refractivity contribution >= 4 is 148 Å². The van der Waals surface area contributed by atoms with Crippen LogP contribution in [0, 0.1) is 5.92 Å². The number of nitrogens with zero attached hydrogens (tertiary/aromatic N) is 2. The number of Topliss-reactive ketones (excluding diaryl/α,β-unsaturated/α-hetero) is 4. The first-order valence-corrected chi connectivity index (χ1v) is 34.5. The zero-order chi connectivity index (χ0) is 62.6. The predicted molar refractivity (Wildman–Crippen MR) is 374 cm³/mol. The normalized spacial score (nSPS) is 11.8. The van der Waals surface area contributed by atoms with E-state index in [0.717, 1.165) is 172 Å². The van der Waals surface area contributed by atoms with Gasteiger partial charge in [-0.15, -0.1) is 0 Å². The number of unbranched alkanes of at least 4 members (excludes halogenated alkanes) is 16. The van der Waals surface area contributed by atoms with Crippen LogP contribution in [-0.2, 0) is 0 Å². The van der Waals surface area contributed by atoms with E-state index in [9.17, 15) is 19.2 Å². The van der Waals surface area contributed by atoms with Crippen molar-refractivity contribution in [2.45, 2.75) is 182 Å².